The van der Waals surface area contributed by atoms with Crippen molar-refractivity contribution in [2.24, 2.45) is 0 Å². The summed E-state index contributed by atoms with van der Waals surface area (Å²) >= 11 is 0. The van der Waals surface area contributed by atoms with Crippen LogP contribution in [0.4, 0.5) is 0 Å². The molecule has 0 fully saturated rings. The summed E-state index contributed by atoms with van der Waals surface area (Å²) in [6.07, 6.45) is 0. The van der Waals surface area contributed by atoms with Gasteiger partial charge in [-0.15, -0.1) is 0 Å². The van der Waals surface area contributed by atoms with E-state index in [0.717, 1.165) is 82.5 Å². The molecule has 0 saturated carbocycles. The summed E-state index contributed by atoms with van der Waals surface area (Å²) in [5.74, 6) is 1.66. The van der Waals surface area contributed by atoms with Crippen molar-refractivity contribution >= 4 is 79.1 Å². The SMILES string of the molecule is C[Si](C)(C)c1ccc2c(c1)oc1cc(-c3nc(-c4ccc5c(c4)oc4ccccc45)nc(-c4ccc5c(c4)oc4ccccc45)n3)ccc12. The first-order chi connectivity index (χ1) is 23.9. The number of hydrogen-bond donors (Lipinski definition) is 0. The third kappa shape index (κ3) is 4.50. The molecular weight excluding hydrogens is 623 g/mol. The predicted octanol–water partition coefficient (Wildman–Crippen LogP) is 11.1. The average Bonchev–Trinajstić information content (AvgIpc) is 3.80. The minimum absolute atomic E-state index is 0.552. The molecule has 4 heterocycles. The van der Waals surface area contributed by atoms with Crippen LogP contribution in [0.5, 0.6) is 0 Å². The van der Waals surface area contributed by atoms with Crippen molar-refractivity contribution in [2.75, 3.05) is 0 Å². The number of para-hydroxylation sites is 2. The Bertz CT molecular complexity index is 2810. The van der Waals surface area contributed by atoms with E-state index >= 15 is 0 Å². The maximum atomic E-state index is 6.46. The number of benzene rings is 6. The van der Waals surface area contributed by atoms with Crippen LogP contribution in [0.1, 0.15) is 0 Å². The zero-order chi connectivity index (χ0) is 32.9. The average molecular weight is 652 g/mol. The predicted molar refractivity (Wildman–Crippen MR) is 201 cm³/mol. The maximum Gasteiger partial charge on any atom is 0.164 e. The quantitative estimate of drug-likeness (QED) is 0.176. The van der Waals surface area contributed by atoms with Gasteiger partial charge in [0.2, 0.25) is 0 Å². The normalized spacial score (nSPS) is 12.4. The number of fused-ring (bicyclic) bond motifs is 9. The summed E-state index contributed by atoms with van der Waals surface area (Å²) < 4.78 is 18.9. The van der Waals surface area contributed by atoms with Gasteiger partial charge in [0.05, 0.1) is 8.07 Å². The fourth-order valence-electron chi connectivity index (χ4n) is 6.88. The lowest BCUT2D eigenvalue weighted by atomic mass is 10.1. The van der Waals surface area contributed by atoms with E-state index < -0.39 is 8.07 Å². The molecule has 0 aliphatic heterocycles. The summed E-state index contributed by atoms with van der Waals surface area (Å²) in [5.41, 5.74) is 7.49. The summed E-state index contributed by atoms with van der Waals surface area (Å²) in [6, 6.07) is 41.3. The van der Waals surface area contributed by atoms with Gasteiger partial charge >= 0.3 is 0 Å². The van der Waals surface area contributed by atoms with Gasteiger partial charge in [-0.1, -0.05) is 91.6 Å². The van der Waals surface area contributed by atoms with Crippen molar-refractivity contribution in [3.8, 4) is 34.2 Å². The van der Waals surface area contributed by atoms with Gasteiger partial charge < -0.3 is 13.3 Å². The third-order valence-corrected chi connectivity index (χ3v) is 11.5. The van der Waals surface area contributed by atoms with Gasteiger partial charge in [-0.05, 0) is 54.6 Å². The first-order valence-electron chi connectivity index (χ1n) is 16.4. The van der Waals surface area contributed by atoms with Gasteiger partial charge in [0.1, 0.15) is 33.5 Å². The van der Waals surface area contributed by atoms with Crippen LogP contribution in [-0.2, 0) is 0 Å². The van der Waals surface area contributed by atoms with E-state index in [1.165, 1.54) is 5.19 Å². The van der Waals surface area contributed by atoms with Crippen LogP contribution in [0.3, 0.4) is 0 Å². The van der Waals surface area contributed by atoms with Crippen LogP contribution in [-0.4, -0.2) is 23.0 Å². The Labute approximate surface area is 281 Å². The lowest BCUT2D eigenvalue weighted by molar-refractivity contribution is 0.668. The Kier molecular flexibility index (Phi) is 5.84. The number of hydrogen-bond acceptors (Lipinski definition) is 6. The summed E-state index contributed by atoms with van der Waals surface area (Å²) in [7, 11) is -1.50. The molecule has 4 aromatic heterocycles. The van der Waals surface area contributed by atoms with Crippen molar-refractivity contribution in [3.05, 3.63) is 121 Å². The molecule has 234 valence electrons. The molecule has 0 bridgehead atoms. The molecule has 10 rings (SSSR count). The van der Waals surface area contributed by atoms with Crippen LogP contribution in [0, 0.1) is 0 Å². The van der Waals surface area contributed by atoms with Crippen LogP contribution in [0.15, 0.2) is 135 Å². The zero-order valence-corrected chi connectivity index (χ0v) is 28.1. The fourth-order valence-corrected chi connectivity index (χ4v) is 8.02. The van der Waals surface area contributed by atoms with E-state index in [1.54, 1.807) is 0 Å². The smallest absolute Gasteiger partial charge is 0.164 e. The van der Waals surface area contributed by atoms with Gasteiger partial charge in [0.25, 0.3) is 0 Å². The second-order valence-electron chi connectivity index (χ2n) is 13.7. The number of nitrogens with zero attached hydrogens (tertiary/aromatic N) is 3. The molecule has 0 aliphatic carbocycles. The summed E-state index contributed by atoms with van der Waals surface area (Å²) in [6.45, 7) is 7.05. The molecule has 0 spiro atoms. The Morgan fingerprint density at radius 3 is 1.14 bits per heavy atom. The minimum atomic E-state index is -1.50. The van der Waals surface area contributed by atoms with Crippen molar-refractivity contribution in [2.45, 2.75) is 19.6 Å². The monoisotopic (exact) mass is 651 g/mol. The lowest BCUT2D eigenvalue weighted by Crippen LogP contribution is -2.37. The molecule has 0 atom stereocenters. The summed E-state index contributed by atoms with van der Waals surface area (Å²) in [5, 5.41) is 7.81. The van der Waals surface area contributed by atoms with Gasteiger partial charge in [-0.3, -0.25) is 0 Å². The molecule has 6 nitrogen and oxygen atoms in total. The largest absolute Gasteiger partial charge is 0.456 e. The van der Waals surface area contributed by atoms with E-state index in [-0.39, 0.29) is 0 Å². The fraction of sp³-hybridized carbons (Fsp3) is 0.0714. The highest BCUT2D eigenvalue weighted by atomic mass is 28.3. The van der Waals surface area contributed by atoms with Crippen molar-refractivity contribution in [3.63, 3.8) is 0 Å². The van der Waals surface area contributed by atoms with E-state index in [4.69, 9.17) is 28.2 Å². The first kappa shape index (κ1) is 28.0. The molecule has 0 radical (unpaired) electrons. The second-order valence-corrected chi connectivity index (χ2v) is 18.8. The standard InChI is InChI=1S/C42H29N3O3Si/c1-49(2,3)27-15-19-33-32-18-14-26(22-38(32)48-39(33)23-27)42-44-40(24-12-16-30-28-8-4-6-10-34(28)46-36(30)20-24)43-41(45-42)25-13-17-31-29-9-5-7-11-35(29)47-37(31)21-25/h4-23H,1-3H3. The van der Waals surface area contributed by atoms with Crippen LogP contribution >= 0.6 is 0 Å². The van der Waals surface area contributed by atoms with Crippen molar-refractivity contribution in [1.82, 2.24) is 15.0 Å². The molecule has 7 heteroatoms. The third-order valence-electron chi connectivity index (χ3n) is 9.51. The molecule has 0 N–H and O–H groups in total. The van der Waals surface area contributed by atoms with Crippen LogP contribution in [0.2, 0.25) is 19.6 Å². The van der Waals surface area contributed by atoms with E-state index in [9.17, 15) is 0 Å². The molecule has 0 saturated heterocycles. The molecule has 6 aromatic carbocycles. The van der Waals surface area contributed by atoms with E-state index in [0.29, 0.717) is 17.5 Å². The molecule has 49 heavy (non-hydrogen) atoms. The van der Waals surface area contributed by atoms with Gasteiger partial charge in [-0.2, -0.15) is 0 Å². The maximum absolute atomic E-state index is 6.46. The van der Waals surface area contributed by atoms with E-state index in [1.807, 2.05) is 66.7 Å². The number of rotatable bonds is 4. The highest BCUT2D eigenvalue weighted by molar-refractivity contribution is 6.88. The molecular formula is C42H29N3O3Si. The minimum Gasteiger partial charge on any atom is -0.456 e. The highest BCUT2D eigenvalue weighted by Crippen LogP contribution is 2.36. The van der Waals surface area contributed by atoms with Gasteiger partial charge in [-0.25, -0.2) is 15.0 Å². The Morgan fingerprint density at radius 1 is 0.367 bits per heavy atom. The molecule has 0 unspecified atom stereocenters. The van der Waals surface area contributed by atoms with Crippen LogP contribution in [0.25, 0.3) is 100.0 Å². The lowest BCUT2D eigenvalue weighted by Gasteiger charge is -2.15. The number of furan rings is 3. The van der Waals surface area contributed by atoms with Crippen molar-refractivity contribution in [1.29, 1.82) is 0 Å². The van der Waals surface area contributed by atoms with Crippen molar-refractivity contribution < 1.29 is 13.3 Å². The van der Waals surface area contributed by atoms with Crippen LogP contribution < -0.4 is 5.19 Å². The Hall–Kier alpha value is -6.05. The van der Waals surface area contributed by atoms with Gasteiger partial charge in [0.15, 0.2) is 17.5 Å². The molecule has 0 amide bonds. The summed E-state index contributed by atoms with van der Waals surface area (Å²) in [4.78, 5) is 15.1. The second kappa shape index (κ2) is 10.2. The highest BCUT2D eigenvalue weighted by Gasteiger charge is 2.20. The first-order valence-corrected chi connectivity index (χ1v) is 19.9. The Morgan fingerprint density at radius 2 is 0.714 bits per heavy atom. The Balaban J connectivity index is 1.16. The van der Waals surface area contributed by atoms with E-state index in [2.05, 4.69) is 74.2 Å². The zero-order valence-electron chi connectivity index (χ0n) is 27.1. The molecule has 0 aliphatic rings. The van der Waals surface area contributed by atoms with Gasteiger partial charge in [0, 0.05) is 49.0 Å². The number of aromatic nitrogens is 3. The molecule has 10 aromatic rings. The topological polar surface area (TPSA) is 78.1 Å².